The zero-order chi connectivity index (χ0) is 17.7. The maximum absolute atomic E-state index is 12.6. The van der Waals surface area contributed by atoms with Gasteiger partial charge >= 0.3 is 0 Å². The summed E-state index contributed by atoms with van der Waals surface area (Å²) in [4.78, 5) is 30.4. The number of hydrogen-bond acceptors (Lipinski definition) is 4. The van der Waals surface area contributed by atoms with Crippen molar-refractivity contribution in [3.8, 4) is 0 Å². The van der Waals surface area contributed by atoms with Gasteiger partial charge in [0.25, 0.3) is 5.56 Å². The molecule has 1 aliphatic heterocycles. The highest BCUT2D eigenvalue weighted by Crippen LogP contribution is 2.43. The average molecular weight is 341 g/mol. The van der Waals surface area contributed by atoms with E-state index in [9.17, 15) is 4.79 Å². The van der Waals surface area contributed by atoms with Crippen LogP contribution in [0.1, 0.15) is 62.8 Å². The van der Waals surface area contributed by atoms with Gasteiger partial charge in [0.2, 0.25) is 0 Å². The molecule has 1 unspecified atom stereocenters. The molecule has 134 valence electrons. The Bertz CT molecular complexity index is 817. The highest BCUT2D eigenvalue weighted by atomic mass is 16.1. The number of rotatable bonds is 2. The fraction of sp³-hybridized carbons (Fsp3) is 0.632. The molecule has 2 aromatic heterocycles. The first-order chi connectivity index (χ1) is 11.9. The van der Waals surface area contributed by atoms with E-state index in [0.717, 1.165) is 68.1 Å². The number of fused-ring (bicyclic) bond motifs is 2. The smallest absolute Gasteiger partial charge is 0.254 e. The van der Waals surface area contributed by atoms with Gasteiger partial charge in [0.15, 0.2) is 0 Å². The van der Waals surface area contributed by atoms with Crippen molar-refractivity contribution in [1.82, 2.24) is 24.8 Å². The number of piperidine rings is 1. The molecule has 1 fully saturated rings. The number of aromatic amines is 2. The topological polar surface area (TPSA) is 77.7 Å². The molecule has 25 heavy (non-hydrogen) atoms. The number of nitrogens with one attached hydrogen (secondary N) is 2. The molecule has 2 aliphatic rings. The Hall–Kier alpha value is -1.95. The van der Waals surface area contributed by atoms with Gasteiger partial charge < -0.3 is 9.97 Å². The van der Waals surface area contributed by atoms with Gasteiger partial charge in [-0.3, -0.25) is 9.69 Å². The minimum absolute atomic E-state index is 0.0296. The molecule has 2 aromatic rings. The van der Waals surface area contributed by atoms with Crippen molar-refractivity contribution in [3.63, 3.8) is 0 Å². The second-order valence-corrected chi connectivity index (χ2v) is 8.66. The van der Waals surface area contributed by atoms with Crippen LogP contribution in [0.4, 0.5) is 0 Å². The largest absolute Gasteiger partial charge is 0.347 e. The van der Waals surface area contributed by atoms with Crippen LogP contribution in [0, 0.1) is 0 Å². The molecule has 0 amide bonds. The van der Waals surface area contributed by atoms with E-state index >= 15 is 0 Å². The van der Waals surface area contributed by atoms with Crippen molar-refractivity contribution in [2.24, 2.45) is 0 Å². The first-order valence-corrected chi connectivity index (χ1v) is 9.21. The van der Waals surface area contributed by atoms with Crippen molar-refractivity contribution < 1.29 is 0 Å². The normalized spacial score (nSPS) is 24.0. The number of hydrogen-bond donors (Lipinski definition) is 2. The van der Waals surface area contributed by atoms with E-state index in [1.165, 1.54) is 0 Å². The van der Waals surface area contributed by atoms with Crippen molar-refractivity contribution in [3.05, 3.63) is 45.7 Å². The fourth-order valence-corrected chi connectivity index (χ4v) is 4.38. The molecule has 3 heterocycles. The lowest BCUT2D eigenvalue weighted by atomic mass is 9.77. The third-order valence-corrected chi connectivity index (χ3v) is 5.69. The summed E-state index contributed by atoms with van der Waals surface area (Å²) in [6.07, 6.45) is 7.78. The van der Waals surface area contributed by atoms with Crippen LogP contribution < -0.4 is 5.56 Å². The lowest BCUT2D eigenvalue weighted by Gasteiger charge is -2.40. The van der Waals surface area contributed by atoms with Gasteiger partial charge in [-0.05, 0) is 32.2 Å². The van der Waals surface area contributed by atoms with Crippen LogP contribution in [0.15, 0.2) is 17.3 Å². The predicted octanol–water partition coefficient (Wildman–Crippen LogP) is 2.27. The third-order valence-electron chi connectivity index (χ3n) is 5.69. The molecule has 1 spiro atoms. The summed E-state index contributed by atoms with van der Waals surface area (Å²) in [5.41, 5.74) is 3.07. The SMILES string of the molecule is CC(C)(C)c1nc2c(c(=O)[nH]1)CCC21CCCN(Cc2cnc[nH]2)C1. The average Bonchev–Trinajstić information content (AvgIpc) is 3.16. The molecule has 1 atom stereocenters. The van der Waals surface area contributed by atoms with Crippen LogP contribution >= 0.6 is 0 Å². The van der Waals surface area contributed by atoms with Crippen LogP contribution in [-0.4, -0.2) is 37.9 Å². The third kappa shape index (κ3) is 2.92. The molecule has 0 radical (unpaired) electrons. The Morgan fingerprint density at radius 3 is 2.88 bits per heavy atom. The van der Waals surface area contributed by atoms with Crippen LogP contribution in [-0.2, 0) is 23.8 Å². The zero-order valence-corrected chi connectivity index (χ0v) is 15.4. The molecule has 1 saturated heterocycles. The Balaban J connectivity index is 1.68. The molecular formula is C19H27N5O. The summed E-state index contributed by atoms with van der Waals surface area (Å²) in [6, 6.07) is 0. The van der Waals surface area contributed by atoms with Gasteiger partial charge in [-0.15, -0.1) is 0 Å². The summed E-state index contributed by atoms with van der Waals surface area (Å²) in [7, 11) is 0. The van der Waals surface area contributed by atoms with E-state index in [0.29, 0.717) is 0 Å². The minimum atomic E-state index is -0.151. The van der Waals surface area contributed by atoms with Gasteiger partial charge in [-0.1, -0.05) is 20.8 Å². The van der Waals surface area contributed by atoms with Gasteiger partial charge in [-0.2, -0.15) is 0 Å². The van der Waals surface area contributed by atoms with Crippen molar-refractivity contribution >= 4 is 0 Å². The first kappa shape index (κ1) is 16.5. The molecular weight excluding hydrogens is 314 g/mol. The lowest BCUT2D eigenvalue weighted by Crippen LogP contribution is -2.45. The van der Waals surface area contributed by atoms with E-state index in [-0.39, 0.29) is 16.4 Å². The van der Waals surface area contributed by atoms with E-state index in [4.69, 9.17) is 4.98 Å². The summed E-state index contributed by atoms with van der Waals surface area (Å²) in [5, 5.41) is 0. The second-order valence-electron chi connectivity index (χ2n) is 8.66. The molecule has 1 aliphatic carbocycles. The lowest BCUT2D eigenvalue weighted by molar-refractivity contribution is 0.135. The van der Waals surface area contributed by atoms with Crippen molar-refractivity contribution in [2.45, 2.75) is 63.8 Å². The number of H-pyrrole nitrogens is 2. The number of aromatic nitrogens is 4. The molecule has 4 rings (SSSR count). The molecule has 0 aromatic carbocycles. The summed E-state index contributed by atoms with van der Waals surface area (Å²) in [6.45, 7) is 9.25. The summed E-state index contributed by atoms with van der Waals surface area (Å²) >= 11 is 0. The maximum atomic E-state index is 12.6. The van der Waals surface area contributed by atoms with Gasteiger partial charge in [-0.25, -0.2) is 9.97 Å². The molecule has 0 bridgehead atoms. The minimum Gasteiger partial charge on any atom is -0.347 e. The highest BCUT2D eigenvalue weighted by Gasteiger charge is 2.45. The zero-order valence-electron chi connectivity index (χ0n) is 15.4. The number of imidazole rings is 1. The Morgan fingerprint density at radius 2 is 2.16 bits per heavy atom. The van der Waals surface area contributed by atoms with Crippen molar-refractivity contribution in [2.75, 3.05) is 13.1 Å². The van der Waals surface area contributed by atoms with E-state index in [1.807, 2.05) is 6.20 Å². The Labute approximate surface area is 148 Å². The Kier molecular flexibility index (Phi) is 3.83. The quantitative estimate of drug-likeness (QED) is 0.878. The molecule has 2 N–H and O–H groups in total. The highest BCUT2D eigenvalue weighted by molar-refractivity contribution is 5.34. The van der Waals surface area contributed by atoms with Gasteiger partial charge in [0, 0.05) is 41.4 Å². The van der Waals surface area contributed by atoms with Crippen LogP contribution in [0.2, 0.25) is 0 Å². The maximum Gasteiger partial charge on any atom is 0.254 e. The first-order valence-electron chi connectivity index (χ1n) is 9.21. The van der Waals surface area contributed by atoms with Crippen LogP contribution in [0.5, 0.6) is 0 Å². The number of likely N-dealkylation sites (tertiary alicyclic amines) is 1. The second kappa shape index (κ2) is 5.80. The standard InChI is InChI=1S/C19H27N5O/c1-18(2,3)17-22-15-14(16(25)23-17)5-7-19(15)6-4-8-24(11-19)10-13-9-20-12-21-13/h9,12H,4-8,10-11H2,1-3H3,(H,20,21)(H,22,23,25). The molecule has 0 saturated carbocycles. The molecule has 6 heteroatoms. The predicted molar refractivity (Wildman–Crippen MR) is 96.7 cm³/mol. The summed E-state index contributed by atoms with van der Waals surface area (Å²) < 4.78 is 0. The van der Waals surface area contributed by atoms with Crippen LogP contribution in [0.3, 0.4) is 0 Å². The number of nitrogens with zero attached hydrogens (tertiary/aromatic N) is 3. The van der Waals surface area contributed by atoms with Gasteiger partial charge in [0.1, 0.15) is 5.82 Å². The molecule has 6 nitrogen and oxygen atoms in total. The monoisotopic (exact) mass is 341 g/mol. The van der Waals surface area contributed by atoms with E-state index in [2.05, 4.69) is 40.6 Å². The van der Waals surface area contributed by atoms with Crippen molar-refractivity contribution in [1.29, 1.82) is 0 Å². The summed E-state index contributed by atoms with van der Waals surface area (Å²) in [5.74, 6) is 0.809. The van der Waals surface area contributed by atoms with Crippen LogP contribution in [0.25, 0.3) is 0 Å². The van der Waals surface area contributed by atoms with Gasteiger partial charge in [0.05, 0.1) is 12.0 Å². The van der Waals surface area contributed by atoms with E-state index in [1.54, 1.807) is 6.33 Å². The Morgan fingerprint density at radius 1 is 1.32 bits per heavy atom. The van der Waals surface area contributed by atoms with E-state index < -0.39 is 0 Å². The fourth-order valence-electron chi connectivity index (χ4n) is 4.38.